The lowest BCUT2D eigenvalue weighted by Crippen LogP contribution is -2.54. The highest BCUT2D eigenvalue weighted by atomic mass is 16.3. The molecule has 22 heavy (non-hydrogen) atoms. The van der Waals surface area contributed by atoms with Crippen LogP contribution in [0.25, 0.3) is 0 Å². The molecule has 2 rings (SSSR count). The number of benzene rings is 1. The van der Waals surface area contributed by atoms with Crippen molar-refractivity contribution in [2.24, 2.45) is 0 Å². The summed E-state index contributed by atoms with van der Waals surface area (Å²) < 4.78 is 0. The van der Waals surface area contributed by atoms with Crippen molar-refractivity contribution in [3.05, 3.63) is 30.3 Å². The van der Waals surface area contributed by atoms with Crippen molar-refractivity contribution < 1.29 is 9.90 Å². The number of aliphatic hydroxyl groups excluding tert-OH is 1. The number of carbonyl (C=O) groups is 1. The molecular weight excluding hydrogens is 278 g/mol. The normalized spacial score (nSPS) is 16.9. The number of piperazine rings is 1. The van der Waals surface area contributed by atoms with Crippen LogP contribution in [0.2, 0.25) is 0 Å². The quantitative estimate of drug-likeness (QED) is 0.853. The van der Waals surface area contributed by atoms with E-state index in [1.165, 1.54) is 5.69 Å². The second-order valence-electron chi connectivity index (χ2n) is 5.68. The minimum Gasteiger partial charge on any atom is -0.395 e. The summed E-state index contributed by atoms with van der Waals surface area (Å²) in [5, 5.41) is 9.10. The Balaban J connectivity index is 1.89. The smallest absolute Gasteiger partial charge is 0.239 e. The molecule has 1 fully saturated rings. The summed E-state index contributed by atoms with van der Waals surface area (Å²) in [6, 6.07) is 10.2. The van der Waals surface area contributed by atoms with E-state index in [1.807, 2.05) is 41.8 Å². The summed E-state index contributed by atoms with van der Waals surface area (Å²) in [5.74, 6) is 0.169. The van der Waals surface area contributed by atoms with E-state index in [0.29, 0.717) is 6.54 Å². The number of nitrogens with zero attached hydrogens (tertiary/aromatic N) is 3. The fourth-order valence-corrected chi connectivity index (χ4v) is 3.00. The van der Waals surface area contributed by atoms with Gasteiger partial charge in [0.25, 0.3) is 0 Å². The molecule has 0 spiro atoms. The predicted molar refractivity (Wildman–Crippen MR) is 89.0 cm³/mol. The Morgan fingerprint density at radius 1 is 1.23 bits per heavy atom. The van der Waals surface area contributed by atoms with E-state index in [4.69, 9.17) is 5.11 Å². The monoisotopic (exact) mass is 305 g/mol. The number of likely N-dealkylation sites (N-methyl/N-ethyl adjacent to an activating group) is 1. The molecule has 1 atom stereocenters. The van der Waals surface area contributed by atoms with Crippen LogP contribution >= 0.6 is 0 Å². The molecule has 1 aliphatic rings. The molecule has 1 aromatic carbocycles. The van der Waals surface area contributed by atoms with Gasteiger partial charge < -0.3 is 14.9 Å². The number of amides is 1. The Bertz CT molecular complexity index is 458. The van der Waals surface area contributed by atoms with Gasteiger partial charge in [0.2, 0.25) is 5.91 Å². The summed E-state index contributed by atoms with van der Waals surface area (Å²) in [4.78, 5) is 18.9. The number of hydrogen-bond donors (Lipinski definition) is 1. The van der Waals surface area contributed by atoms with Gasteiger partial charge in [-0.1, -0.05) is 25.1 Å². The fraction of sp³-hybridized carbons (Fsp3) is 0.588. The third-order valence-corrected chi connectivity index (χ3v) is 4.41. The van der Waals surface area contributed by atoms with Crippen LogP contribution in [0.15, 0.2) is 30.3 Å². The van der Waals surface area contributed by atoms with E-state index in [0.717, 1.165) is 32.7 Å². The Labute approximate surface area is 133 Å². The molecule has 0 aromatic heterocycles. The Morgan fingerprint density at radius 3 is 2.41 bits per heavy atom. The van der Waals surface area contributed by atoms with Crippen molar-refractivity contribution in [2.45, 2.75) is 19.9 Å². The van der Waals surface area contributed by atoms with Gasteiger partial charge >= 0.3 is 0 Å². The van der Waals surface area contributed by atoms with E-state index in [1.54, 1.807) is 0 Å². The van der Waals surface area contributed by atoms with Crippen molar-refractivity contribution in [1.82, 2.24) is 9.80 Å². The number of carbonyl (C=O) groups excluding carboxylic acids is 1. The summed E-state index contributed by atoms with van der Waals surface area (Å²) in [7, 11) is 0. The molecule has 0 radical (unpaired) electrons. The first-order valence-corrected chi connectivity index (χ1v) is 8.11. The Morgan fingerprint density at radius 2 is 1.86 bits per heavy atom. The lowest BCUT2D eigenvalue weighted by Gasteiger charge is -2.38. The predicted octanol–water partition coefficient (Wildman–Crippen LogP) is 1.04. The van der Waals surface area contributed by atoms with Crippen LogP contribution in [-0.4, -0.2) is 72.7 Å². The molecule has 0 aliphatic carbocycles. The average Bonchev–Trinajstić information content (AvgIpc) is 2.59. The fourth-order valence-electron chi connectivity index (χ4n) is 3.00. The van der Waals surface area contributed by atoms with Crippen LogP contribution in [0.3, 0.4) is 0 Å². The van der Waals surface area contributed by atoms with Gasteiger partial charge in [0, 0.05) is 38.4 Å². The molecule has 0 saturated carbocycles. The van der Waals surface area contributed by atoms with E-state index in [9.17, 15) is 4.79 Å². The van der Waals surface area contributed by atoms with Crippen LogP contribution in [0.5, 0.6) is 0 Å². The number of para-hydroxylation sites is 1. The molecule has 122 valence electrons. The Hall–Kier alpha value is -1.59. The van der Waals surface area contributed by atoms with Gasteiger partial charge in [0.15, 0.2) is 0 Å². The van der Waals surface area contributed by atoms with E-state index in [2.05, 4.69) is 17.0 Å². The van der Waals surface area contributed by atoms with Crippen molar-refractivity contribution >= 4 is 11.6 Å². The molecule has 0 bridgehead atoms. The SMILES string of the molecule is CCN(CCO)C(C)C(=O)N1CCN(c2ccccc2)CC1. The first-order valence-electron chi connectivity index (χ1n) is 8.11. The molecule has 5 heteroatoms. The zero-order valence-electron chi connectivity index (χ0n) is 13.6. The van der Waals surface area contributed by atoms with Crippen LogP contribution < -0.4 is 4.90 Å². The van der Waals surface area contributed by atoms with Crippen LogP contribution in [0, 0.1) is 0 Å². The molecule has 1 N–H and O–H groups in total. The number of rotatable bonds is 6. The second-order valence-corrected chi connectivity index (χ2v) is 5.68. The molecule has 1 aliphatic heterocycles. The molecule has 1 aromatic rings. The van der Waals surface area contributed by atoms with Gasteiger partial charge in [-0.05, 0) is 25.6 Å². The highest BCUT2D eigenvalue weighted by molar-refractivity contribution is 5.81. The molecule has 1 heterocycles. The zero-order chi connectivity index (χ0) is 15.9. The maximum Gasteiger partial charge on any atom is 0.239 e. The molecule has 1 amide bonds. The maximum atomic E-state index is 12.6. The molecule has 5 nitrogen and oxygen atoms in total. The maximum absolute atomic E-state index is 12.6. The summed E-state index contributed by atoms with van der Waals surface area (Å²) in [5.41, 5.74) is 1.22. The Kier molecular flexibility index (Phi) is 6.21. The minimum atomic E-state index is -0.166. The lowest BCUT2D eigenvalue weighted by atomic mass is 10.2. The number of anilines is 1. The highest BCUT2D eigenvalue weighted by Crippen LogP contribution is 2.16. The highest BCUT2D eigenvalue weighted by Gasteiger charge is 2.27. The number of hydrogen-bond acceptors (Lipinski definition) is 4. The van der Waals surface area contributed by atoms with Gasteiger partial charge in [0.05, 0.1) is 12.6 Å². The van der Waals surface area contributed by atoms with Crippen LogP contribution in [-0.2, 0) is 4.79 Å². The first-order chi connectivity index (χ1) is 10.7. The largest absolute Gasteiger partial charge is 0.395 e. The first kappa shape index (κ1) is 16.8. The molecule has 1 unspecified atom stereocenters. The van der Waals surface area contributed by atoms with Crippen LogP contribution in [0.4, 0.5) is 5.69 Å². The topological polar surface area (TPSA) is 47.0 Å². The van der Waals surface area contributed by atoms with Gasteiger partial charge in [-0.15, -0.1) is 0 Å². The summed E-state index contributed by atoms with van der Waals surface area (Å²) in [6.45, 7) is 8.63. The van der Waals surface area contributed by atoms with Crippen molar-refractivity contribution in [3.63, 3.8) is 0 Å². The lowest BCUT2D eigenvalue weighted by molar-refractivity contribution is -0.136. The van der Waals surface area contributed by atoms with Crippen LogP contribution in [0.1, 0.15) is 13.8 Å². The van der Waals surface area contributed by atoms with Crippen molar-refractivity contribution in [1.29, 1.82) is 0 Å². The summed E-state index contributed by atoms with van der Waals surface area (Å²) >= 11 is 0. The van der Waals surface area contributed by atoms with Gasteiger partial charge in [-0.25, -0.2) is 0 Å². The standard InChI is InChI=1S/C17H27N3O2/c1-3-18(13-14-21)15(2)17(22)20-11-9-19(10-12-20)16-7-5-4-6-8-16/h4-8,15,21H,3,9-14H2,1-2H3. The van der Waals surface area contributed by atoms with E-state index in [-0.39, 0.29) is 18.6 Å². The van der Waals surface area contributed by atoms with Crippen molar-refractivity contribution in [3.8, 4) is 0 Å². The summed E-state index contributed by atoms with van der Waals surface area (Å²) in [6.07, 6.45) is 0. The average molecular weight is 305 g/mol. The molecular formula is C17H27N3O2. The van der Waals surface area contributed by atoms with E-state index >= 15 is 0 Å². The van der Waals surface area contributed by atoms with Gasteiger partial charge in [0.1, 0.15) is 0 Å². The van der Waals surface area contributed by atoms with Crippen molar-refractivity contribution in [2.75, 3.05) is 50.8 Å². The minimum absolute atomic E-state index is 0.0905. The van der Waals surface area contributed by atoms with Gasteiger partial charge in [-0.3, -0.25) is 9.69 Å². The third kappa shape index (κ3) is 3.99. The second kappa shape index (κ2) is 8.15. The van der Waals surface area contributed by atoms with E-state index < -0.39 is 0 Å². The third-order valence-electron chi connectivity index (χ3n) is 4.41. The molecule has 1 saturated heterocycles. The van der Waals surface area contributed by atoms with Gasteiger partial charge in [-0.2, -0.15) is 0 Å². The zero-order valence-corrected chi connectivity index (χ0v) is 13.6. The number of aliphatic hydroxyl groups is 1.